The van der Waals surface area contributed by atoms with Crippen LogP contribution in [0.1, 0.15) is 22.9 Å². The average Bonchev–Trinajstić information content (AvgIpc) is 2.52. The lowest BCUT2D eigenvalue weighted by Crippen LogP contribution is -2.07. The van der Waals surface area contributed by atoms with Crippen LogP contribution in [-0.4, -0.2) is 10.1 Å². The number of benzene rings is 2. The van der Waals surface area contributed by atoms with Gasteiger partial charge in [0.05, 0.1) is 11.2 Å². The Bertz CT molecular complexity index is 817. The molecule has 0 saturated carbocycles. The number of hydrogen-bond donors (Lipinski definition) is 1. The van der Waals surface area contributed by atoms with E-state index in [1.165, 1.54) is 19.1 Å². The first-order valence-electron chi connectivity index (χ1n) is 6.56. The third-order valence-electron chi connectivity index (χ3n) is 3.50. The summed E-state index contributed by atoms with van der Waals surface area (Å²) in [5.74, 6) is -1.97. The lowest BCUT2D eigenvalue weighted by atomic mass is 10.0. The predicted octanol–water partition coefficient (Wildman–Crippen LogP) is 3.90. The van der Waals surface area contributed by atoms with Gasteiger partial charge in [0.2, 0.25) is 0 Å². The van der Waals surface area contributed by atoms with Crippen LogP contribution in [0.5, 0.6) is 0 Å². The van der Waals surface area contributed by atoms with E-state index in [4.69, 9.17) is 0 Å². The number of aliphatic hydroxyl groups excluding tert-OH is 1. The van der Waals surface area contributed by atoms with Crippen molar-refractivity contribution in [1.29, 1.82) is 0 Å². The molecule has 3 rings (SSSR count). The summed E-state index contributed by atoms with van der Waals surface area (Å²) in [5, 5.41) is 11.2. The number of rotatable bonds is 2. The minimum Gasteiger partial charge on any atom is -0.382 e. The standard InChI is InChI=1S/C17H13F2NO/c1-10-6-8-12(16(19)15(10)18)17(21)14-9-7-11-4-2-3-5-13(11)20-14/h2-9,17,21H,1H3. The summed E-state index contributed by atoms with van der Waals surface area (Å²) < 4.78 is 27.6. The van der Waals surface area contributed by atoms with Gasteiger partial charge in [-0.3, -0.25) is 0 Å². The van der Waals surface area contributed by atoms with Crippen molar-refractivity contribution in [3.8, 4) is 0 Å². The molecule has 1 aromatic heterocycles. The van der Waals surface area contributed by atoms with Gasteiger partial charge in [-0.25, -0.2) is 13.8 Å². The lowest BCUT2D eigenvalue weighted by molar-refractivity contribution is 0.209. The van der Waals surface area contributed by atoms with Gasteiger partial charge in [0.25, 0.3) is 0 Å². The molecule has 1 N–H and O–H groups in total. The van der Waals surface area contributed by atoms with Gasteiger partial charge < -0.3 is 5.11 Å². The van der Waals surface area contributed by atoms with Crippen LogP contribution in [0.4, 0.5) is 8.78 Å². The highest BCUT2D eigenvalue weighted by Crippen LogP contribution is 2.27. The van der Waals surface area contributed by atoms with Crippen molar-refractivity contribution < 1.29 is 13.9 Å². The average molecular weight is 285 g/mol. The van der Waals surface area contributed by atoms with E-state index in [1.54, 1.807) is 18.2 Å². The largest absolute Gasteiger partial charge is 0.382 e. The number of aromatic nitrogens is 1. The van der Waals surface area contributed by atoms with Crippen LogP contribution in [0.25, 0.3) is 10.9 Å². The number of aryl methyl sites for hydroxylation is 1. The second-order valence-corrected chi connectivity index (χ2v) is 4.93. The molecule has 0 aliphatic carbocycles. The molecule has 2 aromatic carbocycles. The van der Waals surface area contributed by atoms with E-state index < -0.39 is 17.7 Å². The molecule has 2 nitrogen and oxygen atoms in total. The van der Waals surface area contributed by atoms with Gasteiger partial charge in [-0.1, -0.05) is 36.4 Å². The third-order valence-corrected chi connectivity index (χ3v) is 3.50. The maximum absolute atomic E-state index is 13.9. The Kier molecular flexibility index (Phi) is 3.39. The molecule has 1 heterocycles. The van der Waals surface area contributed by atoms with E-state index in [-0.39, 0.29) is 16.8 Å². The molecular weight excluding hydrogens is 272 g/mol. The maximum atomic E-state index is 13.9. The summed E-state index contributed by atoms with van der Waals surface area (Å²) in [5.41, 5.74) is 1.08. The van der Waals surface area contributed by atoms with Crippen LogP contribution in [0.2, 0.25) is 0 Å². The van der Waals surface area contributed by atoms with E-state index in [1.807, 2.05) is 18.2 Å². The van der Waals surface area contributed by atoms with Crippen LogP contribution >= 0.6 is 0 Å². The molecular formula is C17H13F2NO. The molecule has 0 radical (unpaired) electrons. The molecule has 0 aliphatic heterocycles. The molecule has 3 aromatic rings. The van der Waals surface area contributed by atoms with E-state index in [2.05, 4.69) is 4.98 Å². The molecule has 0 bridgehead atoms. The number of para-hydroxylation sites is 1. The first kappa shape index (κ1) is 13.6. The topological polar surface area (TPSA) is 33.1 Å². The fourth-order valence-electron chi connectivity index (χ4n) is 2.27. The van der Waals surface area contributed by atoms with Crippen molar-refractivity contribution in [2.24, 2.45) is 0 Å². The van der Waals surface area contributed by atoms with Crippen LogP contribution < -0.4 is 0 Å². The summed E-state index contributed by atoms with van der Waals surface area (Å²) in [6, 6.07) is 13.6. The van der Waals surface area contributed by atoms with E-state index in [0.29, 0.717) is 5.52 Å². The minimum absolute atomic E-state index is 0.110. The molecule has 1 unspecified atom stereocenters. The molecule has 4 heteroatoms. The SMILES string of the molecule is Cc1ccc(C(O)c2ccc3ccccc3n2)c(F)c1F. The summed E-state index contributed by atoms with van der Waals surface area (Å²) >= 11 is 0. The van der Waals surface area contributed by atoms with Crippen LogP contribution in [-0.2, 0) is 0 Å². The van der Waals surface area contributed by atoms with Crippen molar-refractivity contribution in [3.63, 3.8) is 0 Å². The van der Waals surface area contributed by atoms with Gasteiger partial charge in [0, 0.05) is 10.9 Å². The van der Waals surface area contributed by atoms with Crippen molar-refractivity contribution in [3.05, 3.63) is 77.0 Å². The maximum Gasteiger partial charge on any atom is 0.165 e. The number of nitrogens with zero attached hydrogens (tertiary/aromatic N) is 1. The summed E-state index contributed by atoms with van der Waals surface area (Å²) in [6.45, 7) is 1.48. The van der Waals surface area contributed by atoms with Gasteiger partial charge >= 0.3 is 0 Å². The van der Waals surface area contributed by atoms with E-state index >= 15 is 0 Å². The number of hydrogen-bond acceptors (Lipinski definition) is 2. The predicted molar refractivity (Wildman–Crippen MR) is 76.9 cm³/mol. The molecule has 0 fully saturated rings. The molecule has 0 aliphatic rings. The highest BCUT2D eigenvalue weighted by atomic mass is 19.2. The van der Waals surface area contributed by atoms with E-state index in [9.17, 15) is 13.9 Å². The van der Waals surface area contributed by atoms with Crippen LogP contribution in [0.15, 0.2) is 48.5 Å². The smallest absolute Gasteiger partial charge is 0.165 e. The zero-order valence-electron chi connectivity index (χ0n) is 11.3. The van der Waals surface area contributed by atoms with Crippen molar-refractivity contribution in [1.82, 2.24) is 4.98 Å². The second-order valence-electron chi connectivity index (χ2n) is 4.93. The first-order valence-corrected chi connectivity index (χ1v) is 6.56. The van der Waals surface area contributed by atoms with Crippen molar-refractivity contribution in [2.75, 3.05) is 0 Å². The number of aliphatic hydroxyl groups is 1. The second kappa shape index (κ2) is 5.22. The van der Waals surface area contributed by atoms with Crippen LogP contribution in [0, 0.1) is 18.6 Å². The third kappa shape index (κ3) is 2.38. The first-order chi connectivity index (χ1) is 10.1. The van der Waals surface area contributed by atoms with Crippen molar-refractivity contribution >= 4 is 10.9 Å². The summed E-state index contributed by atoms with van der Waals surface area (Å²) in [4.78, 5) is 4.31. The molecule has 1 atom stereocenters. The molecule has 0 amide bonds. The quantitative estimate of drug-likeness (QED) is 0.774. The Labute approximate surface area is 120 Å². The number of halogens is 2. The number of fused-ring (bicyclic) bond motifs is 1. The highest BCUT2D eigenvalue weighted by Gasteiger charge is 2.20. The molecule has 21 heavy (non-hydrogen) atoms. The van der Waals surface area contributed by atoms with Gasteiger partial charge in [-0.05, 0) is 24.6 Å². The Hall–Kier alpha value is -2.33. The zero-order chi connectivity index (χ0) is 15.0. The lowest BCUT2D eigenvalue weighted by Gasteiger charge is -2.13. The Morgan fingerprint density at radius 2 is 1.71 bits per heavy atom. The monoisotopic (exact) mass is 285 g/mol. The fraction of sp³-hybridized carbons (Fsp3) is 0.118. The zero-order valence-corrected chi connectivity index (χ0v) is 11.3. The van der Waals surface area contributed by atoms with Gasteiger partial charge in [-0.2, -0.15) is 0 Å². The Morgan fingerprint density at radius 3 is 2.52 bits per heavy atom. The molecule has 0 saturated heterocycles. The fourth-order valence-corrected chi connectivity index (χ4v) is 2.27. The molecule has 106 valence electrons. The Balaban J connectivity index is 2.08. The van der Waals surface area contributed by atoms with Gasteiger partial charge in [0.1, 0.15) is 6.10 Å². The minimum atomic E-state index is -1.30. The van der Waals surface area contributed by atoms with Gasteiger partial charge in [-0.15, -0.1) is 0 Å². The Morgan fingerprint density at radius 1 is 0.952 bits per heavy atom. The summed E-state index contributed by atoms with van der Waals surface area (Å²) in [6.07, 6.45) is -1.30. The number of pyridine rings is 1. The summed E-state index contributed by atoms with van der Waals surface area (Å²) in [7, 11) is 0. The van der Waals surface area contributed by atoms with E-state index in [0.717, 1.165) is 5.39 Å². The normalized spacial score (nSPS) is 12.6. The van der Waals surface area contributed by atoms with Crippen LogP contribution in [0.3, 0.4) is 0 Å². The highest BCUT2D eigenvalue weighted by molar-refractivity contribution is 5.78. The molecule has 0 spiro atoms. The van der Waals surface area contributed by atoms with Gasteiger partial charge in [0.15, 0.2) is 11.6 Å². The van der Waals surface area contributed by atoms with Crippen molar-refractivity contribution in [2.45, 2.75) is 13.0 Å².